The number of methoxy groups -OCH3 is 1. The van der Waals surface area contributed by atoms with E-state index in [9.17, 15) is 14.4 Å². The largest absolute Gasteiger partial charge is 0.497 e. The van der Waals surface area contributed by atoms with Crippen LogP contribution in [0.25, 0.3) is 0 Å². The van der Waals surface area contributed by atoms with Crippen LogP contribution in [0.15, 0.2) is 82.8 Å². The van der Waals surface area contributed by atoms with Crippen molar-refractivity contribution in [2.75, 3.05) is 18.2 Å². The number of aliphatic imine (C=N–C) groups is 2. The zero-order valence-corrected chi connectivity index (χ0v) is 23.9. The van der Waals surface area contributed by atoms with E-state index in [1.165, 1.54) is 10.5 Å². The molecule has 3 amide bonds. The van der Waals surface area contributed by atoms with Gasteiger partial charge in [-0.25, -0.2) is 9.89 Å². The van der Waals surface area contributed by atoms with Crippen molar-refractivity contribution in [2.45, 2.75) is 38.8 Å². The highest BCUT2D eigenvalue weighted by Gasteiger charge is 2.42. The number of thioether (sulfide) groups is 1. The van der Waals surface area contributed by atoms with Gasteiger partial charge >= 0.3 is 0 Å². The van der Waals surface area contributed by atoms with E-state index in [-0.39, 0.29) is 29.9 Å². The van der Waals surface area contributed by atoms with Crippen molar-refractivity contribution >= 4 is 51.9 Å². The molecule has 41 heavy (non-hydrogen) atoms. The van der Waals surface area contributed by atoms with Gasteiger partial charge in [-0.2, -0.15) is 0 Å². The Balaban J connectivity index is 1.24. The quantitative estimate of drug-likeness (QED) is 0.382. The molecule has 10 heteroatoms. The van der Waals surface area contributed by atoms with Gasteiger partial charge in [0.25, 0.3) is 5.91 Å². The molecule has 1 atom stereocenters. The number of ether oxygens (including phenoxy) is 1. The van der Waals surface area contributed by atoms with Gasteiger partial charge in [-0.05, 0) is 53.4 Å². The maximum Gasteiger partial charge on any atom is 0.259 e. The van der Waals surface area contributed by atoms with E-state index >= 15 is 0 Å². The summed E-state index contributed by atoms with van der Waals surface area (Å²) in [7, 11) is 1.60. The summed E-state index contributed by atoms with van der Waals surface area (Å²) in [4.78, 5) is 49.7. The standard InChI is InChI=1S/C31H31N5O4S/c1-19(2)21-10-12-22(13-11-21)33-28(38)18-41-31-35-25-7-5-4-6-24(25)29-34-26(30(39)36(29)31)16-27(37)32-17-20-8-14-23(40-3)15-9-20/h4-15,19,26H,16-18H2,1-3H3,(H,32,37)(H,33,38)/t26-/m1/s1. The van der Waals surface area contributed by atoms with Crippen molar-refractivity contribution < 1.29 is 19.1 Å². The predicted molar refractivity (Wildman–Crippen MR) is 162 cm³/mol. The number of nitrogens with one attached hydrogen (secondary N) is 2. The lowest BCUT2D eigenvalue weighted by Gasteiger charge is -2.25. The zero-order chi connectivity index (χ0) is 28.9. The van der Waals surface area contributed by atoms with Gasteiger partial charge in [-0.1, -0.05) is 62.0 Å². The van der Waals surface area contributed by atoms with Gasteiger partial charge in [0.2, 0.25) is 11.8 Å². The molecule has 2 aliphatic heterocycles. The van der Waals surface area contributed by atoms with Crippen LogP contribution >= 0.6 is 11.8 Å². The maximum atomic E-state index is 13.5. The molecule has 2 aliphatic rings. The van der Waals surface area contributed by atoms with Gasteiger partial charge in [0.05, 0.1) is 25.0 Å². The van der Waals surface area contributed by atoms with Crippen molar-refractivity contribution in [3.8, 4) is 5.75 Å². The van der Waals surface area contributed by atoms with Crippen molar-refractivity contribution in [1.82, 2.24) is 10.2 Å². The molecule has 9 nitrogen and oxygen atoms in total. The number of amides is 3. The second-order valence-corrected chi connectivity index (χ2v) is 10.9. The fourth-order valence-electron chi connectivity index (χ4n) is 4.50. The number of benzene rings is 3. The van der Waals surface area contributed by atoms with Crippen LogP contribution in [-0.4, -0.2) is 52.5 Å². The highest BCUT2D eigenvalue weighted by Crippen LogP contribution is 2.34. The molecule has 0 aliphatic carbocycles. The summed E-state index contributed by atoms with van der Waals surface area (Å²) in [6, 6.07) is 21.6. The summed E-state index contributed by atoms with van der Waals surface area (Å²) in [5.41, 5.74) is 4.18. The topological polar surface area (TPSA) is 112 Å². The van der Waals surface area contributed by atoms with Crippen LogP contribution in [0.4, 0.5) is 11.4 Å². The van der Waals surface area contributed by atoms with E-state index in [4.69, 9.17) is 4.74 Å². The summed E-state index contributed by atoms with van der Waals surface area (Å²) in [6.07, 6.45) is -0.0953. The second kappa shape index (κ2) is 12.4. The van der Waals surface area contributed by atoms with Crippen LogP contribution in [0.5, 0.6) is 5.75 Å². The van der Waals surface area contributed by atoms with Crippen LogP contribution in [0, 0.1) is 0 Å². The third kappa shape index (κ3) is 6.49. The molecule has 0 radical (unpaired) electrons. The number of hydrogen-bond donors (Lipinski definition) is 2. The summed E-state index contributed by atoms with van der Waals surface area (Å²) in [5, 5.41) is 6.12. The van der Waals surface area contributed by atoms with Crippen LogP contribution in [0.1, 0.15) is 42.9 Å². The van der Waals surface area contributed by atoms with Crippen molar-refractivity contribution in [3.05, 3.63) is 89.5 Å². The fraction of sp³-hybridized carbons (Fsp3) is 0.258. The Kier molecular flexibility index (Phi) is 8.49. The molecule has 0 unspecified atom stereocenters. The highest BCUT2D eigenvalue weighted by atomic mass is 32.2. The number of anilines is 1. The van der Waals surface area contributed by atoms with E-state index in [1.807, 2.05) is 72.8 Å². The first-order valence-electron chi connectivity index (χ1n) is 13.3. The number of para-hydroxylation sites is 1. The minimum Gasteiger partial charge on any atom is -0.497 e. The third-order valence-electron chi connectivity index (χ3n) is 6.77. The molecule has 3 aromatic carbocycles. The molecular weight excluding hydrogens is 538 g/mol. The molecule has 0 aromatic heterocycles. The number of carbonyl (C=O) groups excluding carboxylic acids is 3. The lowest BCUT2D eigenvalue weighted by molar-refractivity contribution is -0.128. The number of fused-ring (bicyclic) bond motifs is 3. The summed E-state index contributed by atoms with van der Waals surface area (Å²) >= 11 is 1.16. The van der Waals surface area contributed by atoms with E-state index in [1.54, 1.807) is 7.11 Å². The lowest BCUT2D eigenvalue weighted by atomic mass is 10.0. The molecule has 0 fully saturated rings. The SMILES string of the molecule is COc1ccc(CNC(=O)C[C@H]2N=C3c4ccccc4N=C(SCC(=O)Nc4ccc(C(C)C)cc4)N3C2=O)cc1. The molecular formula is C31H31N5O4S. The molecule has 0 saturated carbocycles. The van der Waals surface area contributed by atoms with E-state index in [0.717, 1.165) is 23.1 Å². The molecule has 0 saturated heterocycles. The van der Waals surface area contributed by atoms with Gasteiger partial charge in [0.1, 0.15) is 17.6 Å². The Bertz CT molecular complexity index is 1520. The highest BCUT2D eigenvalue weighted by molar-refractivity contribution is 8.14. The van der Waals surface area contributed by atoms with Gasteiger partial charge in [0, 0.05) is 17.8 Å². The first-order chi connectivity index (χ1) is 19.8. The van der Waals surface area contributed by atoms with Gasteiger partial charge in [-0.3, -0.25) is 19.4 Å². The van der Waals surface area contributed by atoms with Gasteiger partial charge < -0.3 is 15.4 Å². The number of hydrogen-bond acceptors (Lipinski definition) is 7. The Labute approximate surface area is 243 Å². The number of nitrogens with zero attached hydrogens (tertiary/aromatic N) is 3. The molecule has 2 N–H and O–H groups in total. The van der Waals surface area contributed by atoms with Gasteiger partial charge in [0.15, 0.2) is 5.17 Å². The first kappa shape index (κ1) is 28.1. The second-order valence-electron chi connectivity index (χ2n) is 10.00. The van der Waals surface area contributed by atoms with Crippen molar-refractivity contribution in [2.24, 2.45) is 9.98 Å². The average Bonchev–Trinajstić information content (AvgIpc) is 3.31. The first-order valence-corrected chi connectivity index (χ1v) is 14.3. The van der Waals surface area contributed by atoms with Crippen molar-refractivity contribution in [1.29, 1.82) is 0 Å². The molecule has 2 heterocycles. The van der Waals surface area contributed by atoms with Crippen molar-refractivity contribution in [3.63, 3.8) is 0 Å². The number of carbonyl (C=O) groups is 3. The van der Waals surface area contributed by atoms with Crippen LogP contribution < -0.4 is 15.4 Å². The molecule has 0 spiro atoms. The predicted octanol–water partition coefficient (Wildman–Crippen LogP) is 4.86. The Morgan fingerprint density at radius 3 is 2.44 bits per heavy atom. The molecule has 0 bridgehead atoms. The summed E-state index contributed by atoms with van der Waals surface area (Å²) in [5.74, 6) is 0.791. The van der Waals surface area contributed by atoms with Gasteiger partial charge in [-0.15, -0.1) is 0 Å². The lowest BCUT2D eigenvalue weighted by Crippen LogP contribution is -2.42. The fourth-order valence-corrected chi connectivity index (χ4v) is 5.30. The van der Waals surface area contributed by atoms with E-state index in [2.05, 4.69) is 34.5 Å². The number of rotatable bonds is 9. The third-order valence-corrected chi connectivity index (χ3v) is 7.71. The average molecular weight is 570 g/mol. The van der Waals surface area contributed by atoms with Crippen LogP contribution in [0.2, 0.25) is 0 Å². The zero-order valence-electron chi connectivity index (χ0n) is 23.1. The summed E-state index contributed by atoms with van der Waals surface area (Å²) in [6.45, 7) is 4.55. The minimum atomic E-state index is -0.883. The Hall–Kier alpha value is -4.44. The minimum absolute atomic E-state index is 0.0526. The van der Waals surface area contributed by atoms with Crippen LogP contribution in [-0.2, 0) is 20.9 Å². The van der Waals surface area contributed by atoms with Crippen LogP contribution in [0.3, 0.4) is 0 Å². The molecule has 3 aromatic rings. The summed E-state index contributed by atoms with van der Waals surface area (Å²) < 4.78 is 5.17. The smallest absolute Gasteiger partial charge is 0.259 e. The van der Waals surface area contributed by atoms with E-state index < -0.39 is 6.04 Å². The normalized spacial score (nSPS) is 15.6. The Morgan fingerprint density at radius 2 is 1.73 bits per heavy atom. The van der Waals surface area contributed by atoms with E-state index in [0.29, 0.717) is 40.4 Å². The monoisotopic (exact) mass is 569 g/mol. The molecule has 210 valence electrons. The molecule has 5 rings (SSSR count). The maximum absolute atomic E-state index is 13.5. The number of amidine groups is 2. The Morgan fingerprint density at radius 1 is 1.00 bits per heavy atom.